The number of hydrogen-bond donors (Lipinski definition) is 2. The first-order valence-corrected chi connectivity index (χ1v) is 4.86. The Bertz CT molecular complexity index is 310. The van der Waals surface area contributed by atoms with Crippen LogP contribution >= 0.6 is 0 Å². The van der Waals surface area contributed by atoms with Crippen LogP contribution in [-0.4, -0.2) is 21.8 Å². The Morgan fingerprint density at radius 1 is 1.36 bits per heavy atom. The van der Waals surface area contributed by atoms with Crippen LogP contribution in [0.4, 0.5) is 0 Å². The lowest BCUT2D eigenvalue weighted by molar-refractivity contribution is 0.272. The van der Waals surface area contributed by atoms with E-state index < -0.39 is 0 Å². The number of rotatable bonds is 3. The molecule has 3 heteroatoms. The fraction of sp³-hybridized carbons (Fsp3) is 0.545. The van der Waals surface area contributed by atoms with Crippen LogP contribution < -0.4 is 0 Å². The lowest BCUT2D eigenvalue weighted by Crippen LogP contribution is -2.01. The van der Waals surface area contributed by atoms with Gasteiger partial charge in [-0.15, -0.1) is 0 Å². The number of hydrogen-bond acceptors (Lipinski definition) is 3. The van der Waals surface area contributed by atoms with Crippen molar-refractivity contribution < 1.29 is 10.2 Å². The molecule has 1 atom stereocenters. The summed E-state index contributed by atoms with van der Waals surface area (Å²) in [6, 6.07) is 1.68. The van der Waals surface area contributed by atoms with Crippen LogP contribution in [0.25, 0.3) is 0 Å². The second-order valence-electron chi connectivity index (χ2n) is 3.91. The second-order valence-corrected chi connectivity index (χ2v) is 3.91. The van der Waals surface area contributed by atoms with Crippen LogP contribution in [0.15, 0.2) is 12.3 Å². The molecule has 0 saturated carbocycles. The van der Waals surface area contributed by atoms with Crippen molar-refractivity contribution in [1.82, 2.24) is 4.98 Å². The maximum atomic E-state index is 9.66. The number of aromatic nitrogens is 1. The first-order chi connectivity index (χ1) is 6.56. The molecule has 3 nitrogen and oxygen atoms in total. The van der Waals surface area contributed by atoms with Crippen molar-refractivity contribution in [3.05, 3.63) is 23.5 Å². The van der Waals surface area contributed by atoms with Gasteiger partial charge in [0.1, 0.15) is 5.75 Å². The third-order valence-electron chi connectivity index (χ3n) is 2.31. The van der Waals surface area contributed by atoms with Crippen LogP contribution in [0.5, 0.6) is 5.75 Å². The first-order valence-electron chi connectivity index (χ1n) is 4.86. The Balaban J connectivity index is 3.00. The van der Waals surface area contributed by atoms with Gasteiger partial charge in [0.25, 0.3) is 0 Å². The summed E-state index contributed by atoms with van der Waals surface area (Å²) in [5, 5.41) is 18.6. The molecule has 1 aromatic rings. The molecule has 78 valence electrons. The van der Waals surface area contributed by atoms with E-state index in [1.165, 1.54) is 0 Å². The van der Waals surface area contributed by atoms with Gasteiger partial charge in [-0.2, -0.15) is 0 Å². The van der Waals surface area contributed by atoms with Crippen molar-refractivity contribution in [3.63, 3.8) is 0 Å². The van der Waals surface area contributed by atoms with Crippen molar-refractivity contribution in [3.8, 4) is 5.75 Å². The molecule has 1 unspecified atom stereocenters. The number of nitrogens with zero attached hydrogens (tertiary/aromatic N) is 1. The average molecular weight is 195 g/mol. The highest BCUT2D eigenvalue weighted by atomic mass is 16.3. The molecule has 0 bridgehead atoms. The van der Waals surface area contributed by atoms with Crippen LogP contribution in [-0.2, 0) is 0 Å². The quantitative estimate of drug-likeness (QED) is 0.775. The molecule has 14 heavy (non-hydrogen) atoms. The monoisotopic (exact) mass is 195 g/mol. The topological polar surface area (TPSA) is 53.4 Å². The minimum absolute atomic E-state index is 0.0228. The van der Waals surface area contributed by atoms with Gasteiger partial charge in [0.15, 0.2) is 0 Å². The number of aliphatic hydroxyl groups excluding tert-OH is 1. The average Bonchev–Trinajstić information content (AvgIpc) is 2.15. The minimum atomic E-state index is 0.0228. The molecule has 0 radical (unpaired) electrons. The summed E-state index contributed by atoms with van der Waals surface area (Å²) in [6.45, 7) is 5.93. The predicted octanol–water partition coefficient (Wildman–Crippen LogP) is 2.01. The van der Waals surface area contributed by atoms with Gasteiger partial charge in [0, 0.05) is 18.7 Å². The molecule has 1 rings (SSSR count). The SMILES string of the molecule is CC(C)c1ncc(C(C)CO)cc1O. The largest absolute Gasteiger partial charge is 0.506 e. The Morgan fingerprint density at radius 2 is 2.00 bits per heavy atom. The zero-order valence-electron chi connectivity index (χ0n) is 8.86. The molecule has 0 spiro atoms. The van der Waals surface area contributed by atoms with E-state index in [2.05, 4.69) is 4.98 Å². The molecular weight excluding hydrogens is 178 g/mol. The Kier molecular flexibility index (Phi) is 3.47. The highest BCUT2D eigenvalue weighted by Gasteiger charge is 2.11. The minimum Gasteiger partial charge on any atom is -0.506 e. The summed E-state index contributed by atoms with van der Waals surface area (Å²) in [5.74, 6) is 0.459. The predicted molar refractivity (Wildman–Crippen MR) is 55.5 cm³/mol. The zero-order chi connectivity index (χ0) is 10.7. The van der Waals surface area contributed by atoms with Crippen LogP contribution in [0.1, 0.15) is 43.9 Å². The number of pyridine rings is 1. The molecule has 0 aromatic carbocycles. The van der Waals surface area contributed by atoms with Gasteiger partial charge in [-0.1, -0.05) is 20.8 Å². The third-order valence-corrected chi connectivity index (χ3v) is 2.31. The van der Waals surface area contributed by atoms with E-state index in [1.54, 1.807) is 12.3 Å². The Morgan fingerprint density at radius 3 is 2.43 bits per heavy atom. The number of aromatic hydroxyl groups is 1. The van der Waals surface area contributed by atoms with Gasteiger partial charge in [-0.05, 0) is 17.5 Å². The number of aliphatic hydroxyl groups is 1. The van der Waals surface area contributed by atoms with E-state index >= 15 is 0 Å². The Hall–Kier alpha value is -1.09. The highest BCUT2D eigenvalue weighted by molar-refractivity contribution is 5.33. The van der Waals surface area contributed by atoms with E-state index in [4.69, 9.17) is 5.11 Å². The molecule has 0 fully saturated rings. The summed E-state index contributed by atoms with van der Waals surface area (Å²) in [5.41, 5.74) is 1.58. The van der Waals surface area contributed by atoms with E-state index in [9.17, 15) is 5.11 Å². The van der Waals surface area contributed by atoms with E-state index in [-0.39, 0.29) is 24.2 Å². The van der Waals surface area contributed by atoms with Crippen molar-refractivity contribution in [2.24, 2.45) is 0 Å². The van der Waals surface area contributed by atoms with Gasteiger partial charge >= 0.3 is 0 Å². The molecule has 2 N–H and O–H groups in total. The summed E-state index contributed by atoms with van der Waals surface area (Å²) in [4.78, 5) is 4.19. The van der Waals surface area contributed by atoms with Crippen molar-refractivity contribution in [1.29, 1.82) is 0 Å². The molecule has 0 aliphatic heterocycles. The zero-order valence-corrected chi connectivity index (χ0v) is 8.86. The van der Waals surface area contributed by atoms with Crippen LogP contribution in [0.2, 0.25) is 0 Å². The third kappa shape index (κ3) is 2.23. The van der Waals surface area contributed by atoms with Crippen LogP contribution in [0, 0.1) is 0 Å². The van der Waals surface area contributed by atoms with E-state index in [0.717, 1.165) is 5.56 Å². The summed E-state index contributed by atoms with van der Waals surface area (Å²) < 4.78 is 0. The maximum Gasteiger partial charge on any atom is 0.137 e. The second kappa shape index (κ2) is 4.42. The van der Waals surface area contributed by atoms with Crippen molar-refractivity contribution in [2.45, 2.75) is 32.6 Å². The molecule has 0 amide bonds. The fourth-order valence-corrected chi connectivity index (χ4v) is 1.30. The standard InChI is InChI=1S/C11H17NO2/c1-7(2)11-10(14)4-9(5-12-11)8(3)6-13/h4-5,7-8,13-14H,6H2,1-3H3. The summed E-state index contributed by atoms with van der Waals surface area (Å²) in [7, 11) is 0. The van der Waals surface area contributed by atoms with Gasteiger partial charge in [0.05, 0.1) is 5.69 Å². The molecule has 0 saturated heterocycles. The lowest BCUT2D eigenvalue weighted by atomic mass is 10.0. The molecule has 1 aromatic heterocycles. The lowest BCUT2D eigenvalue weighted by Gasteiger charge is -2.11. The highest BCUT2D eigenvalue weighted by Crippen LogP contribution is 2.26. The van der Waals surface area contributed by atoms with Crippen LogP contribution in [0.3, 0.4) is 0 Å². The van der Waals surface area contributed by atoms with Gasteiger partial charge < -0.3 is 10.2 Å². The van der Waals surface area contributed by atoms with Crippen molar-refractivity contribution in [2.75, 3.05) is 6.61 Å². The smallest absolute Gasteiger partial charge is 0.137 e. The fourth-order valence-electron chi connectivity index (χ4n) is 1.30. The molecule has 0 aliphatic carbocycles. The van der Waals surface area contributed by atoms with Gasteiger partial charge in [-0.25, -0.2) is 0 Å². The van der Waals surface area contributed by atoms with E-state index in [1.807, 2.05) is 20.8 Å². The summed E-state index contributed by atoms with van der Waals surface area (Å²) in [6.07, 6.45) is 1.72. The van der Waals surface area contributed by atoms with E-state index in [0.29, 0.717) is 5.69 Å². The Labute approximate surface area is 84.4 Å². The van der Waals surface area contributed by atoms with Gasteiger partial charge in [-0.3, -0.25) is 4.98 Å². The molecular formula is C11H17NO2. The van der Waals surface area contributed by atoms with Crippen molar-refractivity contribution >= 4 is 0 Å². The molecule has 1 heterocycles. The molecule has 0 aliphatic rings. The maximum absolute atomic E-state index is 9.66. The summed E-state index contributed by atoms with van der Waals surface area (Å²) >= 11 is 0. The van der Waals surface area contributed by atoms with Gasteiger partial charge in [0.2, 0.25) is 0 Å². The first kappa shape index (κ1) is 11.0. The normalized spacial score (nSPS) is 13.2.